The Morgan fingerprint density at radius 2 is 1.39 bits per heavy atom. The Hall–Kier alpha value is -5.55. The largest absolute Gasteiger partial charge is 0.459 e. The summed E-state index contributed by atoms with van der Waals surface area (Å²) in [6, 6.07) is 33.9. The quantitative estimate of drug-likeness (QED) is 0.194. The molecule has 3 aromatic heterocycles. The van der Waals surface area contributed by atoms with E-state index in [1.807, 2.05) is 36.4 Å². The monoisotopic (exact) mass is 636 g/mol. The van der Waals surface area contributed by atoms with Gasteiger partial charge in [0.05, 0.1) is 5.52 Å². The van der Waals surface area contributed by atoms with Crippen molar-refractivity contribution < 1.29 is 4.42 Å². The zero-order valence-corrected chi connectivity index (χ0v) is 28.2. The van der Waals surface area contributed by atoms with Crippen LogP contribution in [0.2, 0.25) is 0 Å². The molecule has 10 rings (SSSR count). The lowest BCUT2D eigenvalue weighted by Gasteiger charge is -2.30. The third-order valence-electron chi connectivity index (χ3n) is 11.1. The molecule has 0 radical (unpaired) electrons. The Morgan fingerprint density at radius 1 is 0.714 bits per heavy atom. The number of para-hydroxylation sites is 1. The van der Waals surface area contributed by atoms with Crippen molar-refractivity contribution in [1.82, 2.24) is 19.5 Å². The van der Waals surface area contributed by atoms with E-state index >= 15 is 0 Å². The molecule has 238 valence electrons. The molecule has 0 saturated heterocycles. The van der Waals surface area contributed by atoms with Gasteiger partial charge in [-0.1, -0.05) is 131 Å². The van der Waals surface area contributed by atoms with Crippen LogP contribution in [0.3, 0.4) is 0 Å². The van der Waals surface area contributed by atoms with Gasteiger partial charge in [0, 0.05) is 61.5 Å². The molecule has 2 atom stereocenters. The number of hydrogen-bond acceptors (Lipinski definition) is 4. The molecule has 7 aromatic rings. The van der Waals surface area contributed by atoms with Crippen molar-refractivity contribution >= 4 is 39.1 Å². The number of rotatable bonds is 3. The summed E-state index contributed by atoms with van der Waals surface area (Å²) in [5.41, 5.74) is 13.2. The summed E-state index contributed by atoms with van der Waals surface area (Å²) >= 11 is 0. The second-order valence-corrected chi connectivity index (χ2v) is 14.5. The summed E-state index contributed by atoms with van der Waals surface area (Å²) in [6.07, 6.45) is 6.48. The van der Waals surface area contributed by atoms with Gasteiger partial charge in [-0.15, -0.1) is 0 Å². The topological polar surface area (TPSA) is 56.7 Å². The SMILES string of the molecule is CC1CC=Cc2c1oc1c3c(ccc21)C(C)(C)C1=C3CC(C)c2c1c1ccccc1n2-c1nc(-c2ccccc2)nc(-c2ccccc2)n1. The van der Waals surface area contributed by atoms with Crippen LogP contribution in [0.15, 0.2) is 108 Å². The third-order valence-corrected chi connectivity index (χ3v) is 11.1. The second-order valence-electron chi connectivity index (χ2n) is 14.5. The summed E-state index contributed by atoms with van der Waals surface area (Å²) in [6.45, 7) is 9.41. The Morgan fingerprint density at radius 3 is 2.10 bits per heavy atom. The molecule has 2 unspecified atom stereocenters. The van der Waals surface area contributed by atoms with Crippen LogP contribution in [0.25, 0.3) is 67.8 Å². The zero-order valence-electron chi connectivity index (χ0n) is 28.2. The van der Waals surface area contributed by atoms with E-state index in [0.29, 0.717) is 23.5 Å². The molecule has 3 aliphatic rings. The van der Waals surface area contributed by atoms with Crippen LogP contribution >= 0.6 is 0 Å². The molecule has 49 heavy (non-hydrogen) atoms. The van der Waals surface area contributed by atoms with Gasteiger partial charge in [0.2, 0.25) is 5.95 Å². The lowest BCUT2D eigenvalue weighted by atomic mass is 9.73. The fourth-order valence-corrected chi connectivity index (χ4v) is 8.86. The van der Waals surface area contributed by atoms with Crippen LogP contribution in [-0.4, -0.2) is 19.5 Å². The highest BCUT2D eigenvalue weighted by atomic mass is 16.3. The van der Waals surface area contributed by atoms with Gasteiger partial charge in [-0.05, 0) is 35.6 Å². The molecule has 3 heterocycles. The zero-order chi connectivity index (χ0) is 33.0. The minimum atomic E-state index is -0.221. The van der Waals surface area contributed by atoms with Crippen molar-refractivity contribution in [2.45, 2.75) is 57.8 Å². The van der Waals surface area contributed by atoms with Gasteiger partial charge >= 0.3 is 0 Å². The van der Waals surface area contributed by atoms with E-state index in [9.17, 15) is 0 Å². The third kappa shape index (κ3) is 3.96. The highest BCUT2D eigenvalue weighted by Crippen LogP contribution is 2.61. The van der Waals surface area contributed by atoms with Crippen LogP contribution in [0.4, 0.5) is 0 Å². The maximum Gasteiger partial charge on any atom is 0.238 e. The Balaban J connectivity index is 1.26. The highest BCUT2D eigenvalue weighted by molar-refractivity contribution is 6.14. The Labute approximate surface area is 285 Å². The number of furan rings is 1. The molecule has 4 aromatic carbocycles. The molecule has 0 spiro atoms. The molecule has 0 bridgehead atoms. The lowest BCUT2D eigenvalue weighted by Crippen LogP contribution is -2.20. The van der Waals surface area contributed by atoms with Gasteiger partial charge in [0.25, 0.3) is 0 Å². The van der Waals surface area contributed by atoms with Crippen LogP contribution in [0, 0.1) is 0 Å². The number of allylic oxidation sites excluding steroid dienone is 3. The van der Waals surface area contributed by atoms with E-state index in [4.69, 9.17) is 19.4 Å². The predicted octanol–water partition coefficient (Wildman–Crippen LogP) is 11.1. The smallest absolute Gasteiger partial charge is 0.238 e. The van der Waals surface area contributed by atoms with E-state index in [0.717, 1.165) is 40.8 Å². The number of aromatic nitrogens is 4. The van der Waals surface area contributed by atoms with Crippen molar-refractivity contribution in [2.24, 2.45) is 0 Å². The first-order chi connectivity index (χ1) is 23.9. The van der Waals surface area contributed by atoms with Crippen LogP contribution in [0.1, 0.15) is 86.1 Å². The molecule has 5 nitrogen and oxygen atoms in total. The maximum absolute atomic E-state index is 6.87. The van der Waals surface area contributed by atoms with Crippen LogP contribution in [-0.2, 0) is 5.41 Å². The Bertz CT molecular complexity index is 2490. The van der Waals surface area contributed by atoms with E-state index in [-0.39, 0.29) is 11.3 Å². The predicted molar refractivity (Wildman–Crippen MR) is 199 cm³/mol. The van der Waals surface area contributed by atoms with E-state index in [1.165, 1.54) is 49.9 Å². The lowest BCUT2D eigenvalue weighted by molar-refractivity contribution is 0.503. The molecule has 0 aliphatic heterocycles. The van der Waals surface area contributed by atoms with Crippen LogP contribution in [0.5, 0.6) is 0 Å². The molecule has 0 saturated carbocycles. The Kier molecular flexibility index (Phi) is 5.94. The van der Waals surface area contributed by atoms with Crippen LogP contribution < -0.4 is 0 Å². The van der Waals surface area contributed by atoms with E-state index in [2.05, 4.69) is 105 Å². The average molecular weight is 637 g/mol. The molecule has 0 N–H and O–H groups in total. The number of fused-ring (bicyclic) bond motifs is 10. The number of benzene rings is 4. The summed E-state index contributed by atoms with van der Waals surface area (Å²) in [5, 5.41) is 2.46. The molecule has 5 heteroatoms. The minimum absolute atomic E-state index is 0.207. The first-order valence-electron chi connectivity index (χ1n) is 17.4. The average Bonchev–Trinajstić information content (AvgIpc) is 3.76. The minimum Gasteiger partial charge on any atom is -0.459 e. The van der Waals surface area contributed by atoms with Gasteiger partial charge in [-0.25, -0.2) is 4.98 Å². The second kappa shape index (κ2) is 10.2. The molecule has 0 amide bonds. The van der Waals surface area contributed by atoms with Gasteiger partial charge in [-0.3, -0.25) is 4.57 Å². The van der Waals surface area contributed by atoms with Gasteiger partial charge < -0.3 is 4.42 Å². The van der Waals surface area contributed by atoms with Gasteiger partial charge in [0.15, 0.2) is 11.6 Å². The van der Waals surface area contributed by atoms with Crippen molar-refractivity contribution in [2.75, 3.05) is 0 Å². The summed E-state index contributed by atoms with van der Waals surface area (Å²) in [4.78, 5) is 15.4. The van der Waals surface area contributed by atoms with Crippen molar-refractivity contribution in [3.8, 4) is 28.7 Å². The summed E-state index contributed by atoms with van der Waals surface area (Å²) < 4.78 is 9.19. The highest BCUT2D eigenvalue weighted by Gasteiger charge is 2.46. The number of nitrogens with zero attached hydrogens (tertiary/aromatic N) is 4. The van der Waals surface area contributed by atoms with E-state index in [1.54, 1.807) is 0 Å². The van der Waals surface area contributed by atoms with Gasteiger partial charge in [0.1, 0.15) is 11.3 Å². The molecular weight excluding hydrogens is 601 g/mol. The summed E-state index contributed by atoms with van der Waals surface area (Å²) in [7, 11) is 0. The molecule has 3 aliphatic carbocycles. The van der Waals surface area contributed by atoms with Crippen molar-refractivity contribution in [1.29, 1.82) is 0 Å². The maximum atomic E-state index is 6.87. The fourth-order valence-electron chi connectivity index (χ4n) is 8.86. The summed E-state index contributed by atoms with van der Waals surface area (Å²) in [5.74, 6) is 3.69. The normalized spacial score (nSPS) is 18.9. The first-order valence-corrected chi connectivity index (χ1v) is 17.4. The molecule has 0 fully saturated rings. The fraction of sp³-hybridized carbons (Fsp3) is 0.205. The van der Waals surface area contributed by atoms with Gasteiger partial charge in [-0.2, -0.15) is 9.97 Å². The van der Waals surface area contributed by atoms with E-state index < -0.39 is 0 Å². The van der Waals surface area contributed by atoms with Crippen molar-refractivity contribution in [3.05, 3.63) is 137 Å². The number of hydrogen-bond donors (Lipinski definition) is 0. The molecular formula is C44H36N4O. The van der Waals surface area contributed by atoms with Crippen molar-refractivity contribution in [3.63, 3.8) is 0 Å². The first kappa shape index (κ1) is 28.5. The standard InChI is InChI=1S/C44H36N4O/c1-25-14-13-20-29-30-22-23-33-35(40(30)49-39(25)29)32-24-26(2)38-36(37(32)44(33,3)4)31-19-11-12-21-34(31)48(38)43-46-41(27-15-7-5-8-16-27)45-42(47-43)28-17-9-6-10-18-28/h5-13,15-23,25-26H,14,24H2,1-4H3.